The van der Waals surface area contributed by atoms with Crippen LogP contribution in [0.25, 0.3) is 0 Å². The molecule has 3 rings (SSSR count). The summed E-state index contributed by atoms with van der Waals surface area (Å²) in [5.41, 5.74) is 1.63. The number of rotatable bonds is 3. The summed E-state index contributed by atoms with van der Waals surface area (Å²) >= 11 is 0. The van der Waals surface area contributed by atoms with Crippen LogP contribution in [-0.4, -0.2) is 23.7 Å². The van der Waals surface area contributed by atoms with Gasteiger partial charge in [0.2, 0.25) is 0 Å². The molecule has 2 aromatic rings. The van der Waals surface area contributed by atoms with Gasteiger partial charge in [-0.25, -0.2) is 0 Å². The first kappa shape index (κ1) is 13.5. The third kappa shape index (κ3) is 2.72. The summed E-state index contributed by atoms with van der Waals surface area (Å²) in [7, 11) is 1.85. The molecule has 0 radical (unpaired) electrons. The molecule has 0 aliphatic carbocycles. The van der Waals surface area contributed by atoms with Gasteiger partial charge in [-0.2, -0.15) is 0 Å². The Morgan fingerprint density at radius 1 is 1.24 bits per heavy atom. The van der Waals surface area contributed by atoms with Crippen LogP contribution in [-0.2, 0) is 7.05 Å². The number of carbonyl (C=O) groups is 1. The second-order valence-electron chi connectivity index (χ2n) is 5.10. The summed E-state index contributed by atoms with van der Waals surface area (Å²) in [6.45, 7) is 3.08. The fourth-order valence-electron chi connectivity index (χ4n) is 2.38. The van der Waals surface area contributed by atoms with Crippen LogP contribution in [0.1, 0.15) is 29.0 Å². The molecule has 21 heavy (non-hydrogen) atoms. The van der Waals surface area contributed by atoms with E-state index in [4.69, 9.17) is 9.47 Å². The van der Waals surface area contributed by atoms with Gasteiger partial charge in [-0.15, -0.1) is 0 Å². The van der Waals surface area contributed by atoms with Crippen molar-refractivity contribution >= 4 is 5.91 Å². The number of amides is 1. The number of fused-ring (bicyclic) bond motifs is 1. The van der Waals surface area contributed by atoms with Crippen molar-refractivity contribution in [2.45, 2.75) is 13.0 Å². The Morgan fingerprint density at radius 3 is 2.71 bits per heavy atom. The lowest BCUT2D eigenvalue weighted by molar-refractivity contribution is 0.0931. The van der Waals surface area contributed by atoms with E-state index in [0.29, 0.717) is 18.9 Å². The van der Waals surface area contributed by atoms with Gasteiger partial charge in [-0.1, -0.05) is 6.07 Å². The minimum Gasteiger partial charge on any atom is -0.486 e. The number of aryl methyl sites for hydroxylation is 1. The Hall–Kier alpha value is -2.43. The Morgan fingerprint density at radius 2 is 2.00 bits per heavy atom. The van der Waals surface area contributed by atoms with Crippen molar-refractivity contribution in [2.24, 2.45) is 7.05 Å². The Kier molecular flexibility index (Phi) is 3.56. The van der Waals surface area contributed by atoms with E-state index >= 15 is 0 Å². The highest BCUT2D eigenvalue weighted by atomic mass is 16.6. The van der Waals surface area contributed by atoms with Gasteiger partial charge in [0.15, 0.2) is 11.5 Å². The molecule has 0 bridgehead atoms. The van der Waals surface area contributed by atoms with Crippen molar-refractivity contribution in [3.8, 4) is 11.5 Å². The first-order chi connectivity index (χ1) is 10.1. The Bertz CT molecular complexity index is 663. The number of carbonyl (C=O) groups excluding carboxylic acids is 1. The van der Waals surface area contributed by atoms with Gasteiger partial charge in [-0.05, 0) is 36.8 Å². The maximum Gasteiger partial charge on any atom is 0.268 e. The summed E-state index contributed by atoms with van der Waals surface area (Å²) in [5, 5.41) is 2.99. The third-order valence-corrected chi connectivity index (χ3v) is 3.59. The van der Waals surface area contributed by atoms with Crippen LogP contribution in [0.5, 0.6) is 11.5 Å². The van der Waals surface area contributed by atoms with Gasteiger partial charge in [0.05, 0.1) is 6.04 Å². The lowest BCUT2D eigenvalue weighted by Crippen LogP contribution is -2.28. The van der Waals surface area contributed by atoms with Crippen molar-refractivity contribution in [2.75, 3.05) is 13.2 Å². The molecule has 1 aromatic carbocycles. The molecule has 5 heteroatoms. The molecule has 0 saturated heterocycles. The number of hydrogen-bond donors (Lipinski definition) is 1. The lowest BCUT2D eigenvalue weighted by Gasteiger charge is -2.21. The van der Waals surface area contributed by atoms with Crippen LogP contribution in [0.4, 0.5) is 0 Å². The predicted molar refractivity (Wildman–Crippen MR) is 78.7 cm³/mol. The zero-order valence-electron chi connectivity index (χ0n) is 12.1. The zero-order valence-corrected chi connectivity index (χ0v) is 12.1. The summed E-state index contributed by atoms with van der Waals surface area (Å²) < 4.78 is 12.9. The first-order valence-corrected chi connectivity index (χ1v) is 6.97. The minimum atomic E-state index is -0.108. The maximum absolute atomic E-state index is 12.2. The Balaban J connectivity index is 1.75. The van der Waals surface area contributed by atoms with E-state index in [0.717, 1.165) is 17.1 Å². The maximum atomic E-state index is 12.2. The van der Waals surface area contributed by atoms with E-state index in [1.807, 2.05) is 44.4 Å². The largest absolute Gasteiger partial charge is 0.486 e. The van der Waals surface area contributed by atoms with Gasteiger partial charge in [0.25, 0.3) is 5.91 Å². The molecule has 0 saturated carbocycles. The highest BCUT2D eigenvalue weighted by Gasteiger charge is 2.17. The minimum absolute atomic E-state index is 0.0927. The number of nitrogens with zero attached hydrogens (tertiary/aromatic N) is 1. The molecular formula is C16H18N2O3. The monoisotopic (exact) mass is 286 g/mol. The topological polar surface area (TPSA) is 52.5 Å². The molecule has 5 nitrogen and oxygen atoms in total. The van der Waals surface area contributed by atoms with Gasteiger partial charge in [0, 0.05) is 13.2 Å². The van der Waals surface area contributed by atoms with Crippen molar-refractivity contribution in [3.05, 3.63) is 47.8 Å². The van der Waals surface area contributed by atoms with Crippen LogP contribution in [0.2, 0.25) is 0 Å². The number of ether oxygens (including phenoxy) is 2. The Labute approximate surface area is 123 Å². The number of aromatic nitrogens is 1. The van der Waals surface area contributed by atoms with Crippen molar-refractivity contribution in [1.29, 1.82) is 0 Å². The third-order valence-electron chi connectivity index (χ3n) is 3.59. The van der Waals surface area contributed by atoms with Gasteiger partial charge >= 0.3 is 0 Å². The molecule has 1 amide bonds. The van der Waals surface area contributed by atoms with Gasteiger partial charge in [-0.3, -0.25) is 4.79 Å². The number of benzene rings is 1. The summed E-state index contributed by atoms with van der Waals surface area (Å²) in [5.74, 6) is 1.40. The molecule has 1 aliphatic heterocycles. The van der Waals surface area contributed by atoms with Gasteiger partial charge in [0.1, 0.15) is 18.9 Å². The average Bonchev–Trinajstić information content (AvgIpc) is 2.93. The van der Waals surface area contributed by atoms with E-state index in [1.54, 1.807) is 10.6 Å². The molecule has 1 atom stereocenters. The molecule has 110 valence electrons. The molecule has 1 unspecified atom stereocenters. The second kappa shape index (κ2) is 5.52. The van der Waals surface area contributed by atoms with E-state index in [1.165, 1.54) is 0 Å². The summed E-state index contributed by atoms with van der Waals surface area (Å²) in [6.07, 6.45) is 1.85. The molecule has 1 aromatic heterocycles. The molecule has 2 heterocycles. The number of hydrogen-bond acceptors (Lipinski definition) is 3. The van der Waals surface area contributed by atoms with Crippen LogP contribution in [0, 0.1) is 0 Å². The smallest absolute Gasteiger partial charge is 0.268 e. The zero-order chi connectivity index (χ0) is 14.8. The molecule has 1 N–H and O–H groups in total. The van der Waals surface area contributed by atoms with Crippen molar-refractivity contribution in [1.82, 2.24) is 9.88 Å². The molecule has 1 aliphatic rings. The second-order valence-corrected chi connectivity index (χ2v) is 5.10. The summed E-state index contributed by atoms with van der Waals surface area (Å²) in [4.78, 5) is 12.2. The van der Waals surface area contributed by atoms with E-state index in [-0.39, 0.29) is 11.9 Å². The number of nitrogens with one attached hydrogen (secondary N) is 1. The highest BCUT2D eigenvalue weighted by molar-refractivity contribution is 5.92. The fraction of sp³-hybridized carbons (Fsp3) is 0.312. The van der Waals surface area contributed by atoms with Gasteiger partial charge < -0.3 is 19.4 Å². The fourth-order valence-corrected chi connectivity index (χ4v) is 2.38. The van der Waals surface area contributed by atoms with Crippen LogP contribution in [0.15, 0.2) is 36.5 Å². The van der Waals surface area contributed by atoms with Crippen LogP contribution < -0.4 is 14.8 Å². The normalized spacial score (nSPS) is 14.6. The van der Waals surface area contributed by atoms with E-state index in [9.17, 15) is 4.79 Å². The molecule has 0 spiro atoms. The predicted octanol–water partition coefficient (Wildman–Crippen LogP) is 2.29. The van der Waals surface area contributed by atoms with E-state index < -0.39 is 0 Å². The quantitative estimate of drug-likeness (QED) is 0.942. The van der Waals surface area contributed by atoms with Crippen molar-refractivity contribution in [3.63, 3.8) is 0 Å². The first-order valence-electron chi connectivity index (χ1n) is 6.97. The lowest BCUT2D eigenvalue weighted by atomic mass is 10.1. The average molecular weight is 286 g/mol. The SMILES string of the molecule is CC(NC(=O)c1cccn1C)c1ccc2c(c1)OCCO2. The van der Waals surface area contributed by atoms with Crippen LogP contribution in [0.3, 0.4) is 0 Å². The standard InChI is InChI=1S/C16H18N2O3/c1-11(17-16(19)13-4-3-7-18(13)2)12-5-6-14-15(10-12)21-9-8-20-14/h3-7,10-11H,8-9H2,1-2H3,(H,17,19). The molecule has 0 fully saturated rings. The highest BCUT2D eigenvalue weighted by Crippen LogP contribution is 2.32. The van der Waals surface area contributed by atoms with E-state index in [2.05, 4.69) is 5.32 Å². The van der Waals surface area contributed by atoms with Crippen molar-refractivity contribution < 1.29 is 14.3 Å². The molecular weight excluding hydrogens is 268 g/mol. The van der Waals surface area contributed by atoms with Crippen LogP contribution >= 0.6 is 0 Å². The summed E-state index contributed by atoms with van der Waals surface area (Å²) in [6, 6.07) is 9.29.